The van der Waals surface area contributed by atoms with Gasteiger partial charge in [-0.05, 0) is 60.5 Å². The summed E-state index contributed by atoms with van der Waals surface area (Å²) in [5, 5.41) is 4.34. The van der Waals surface area contributed by atoms with Crippen LogP contribution >= 0.6 is 11.6 Å². The molecule has 3 aromatic carbocycles. The highest BCUT2D eigenvalue weighted by Gasteiger charge is 2.27. The number of rotatable bonds is 9. The third-order valence-electron chi connectivity index (χ3n) is 4.80. The Balaban J connectivity index is 1.78. The summed E-state index contributed by atoms with van der Waals surface area (Å²) in [6.07, 6.45) is 1.46. The van der Waals surface area contributed by atoms with Crippen LogP contribution in [0.1, 0.15) is 16.7 Å². The summed E-state index contributed by atoms with van der Waals surface area (Å²) < 4.78 is 32.8. The highest BCUT2D eigenvalue weighted by Crippen LogP contribution is 2.22. The van der Waals surface area contributed by atoms with Crippen molar-refractivity contribution >= 4 is 33.7 Å². The van der Waals surface area contributed by atoms with E-state index in [1.165, 1.54) is 18.3 Å². The smallest absolute Gasteiger partial charge is 0.255 e. The molecule has 0 aliphatic carbocycles. The third kappa shape index (κ3) is 6.64. The first-order chi connectivity index (χ1) is 15.8. The Labute approximate surface area is 198 Å². The van der Waals surface area contributed by atoms with E-state index < -0.39 is 22.5 Å². The minimum atomic E-state index is -3.96. The van der Waals surface area contributed by atoms with Crippen molar-refractivity contribution in [2.45, 2.75) is 18.4 Å². The zero-order chi connectivity index (χ0) is 23.8. The van der Waals surface area contributed by atoms with E-state index in [0.717, 1.165) is 15.4 Å². The molecule has 1 N–H and O–H groups in total. The lowest BCUT2D eigenvalue weighted by Crippen LogP contribution is -2.39. The molecule has 7 nitrogen and oxygen atoms in total. The number of hydrogen-bond acceptors (Lipinski definition) is 5. The average molecular weight is 486 g/mol. The maximum absolute atomic E-state index is 13.3. The molecule has 0 fully saturated rings. The zero-order valence-corrected chi connectivity index (χ0v) is 19.8. The molecular weight excluding hydrogens is 462 g/mol. The Bertz CT molecular complexity index is 1230. The maximum Gasteiger partial charge on any atom is 0.255 e. The highest BCUT2D eigenvalue weighted by molar-refractivity contribution is 7.89. The van der Waals surface area contributed by atoms with Crippen LogP contribution in [-0.2, 0) is 21.4 Å². The van der Waals surface area contributed by atoms with E-state index in [9.17, 15) is 13.2 Å². The quantitative estimate of drug-likeness (QED) is 0.366. The number of nitrogens with zero attached hydrogens (tertiary/aromatic N) is 2. The summed E-state index contributed by atoms with van der Waals surface area (Å²) in [6.45, 7) is 1.37. The van der Waals surface area contributed by atoms with Gasteiger partial charge in [0.2, 0.25) is 10.0 Å². The molecule has 0 spiro atoms. The van der Waals surface area contributed by atoms with Crippen LogP contribution in [0, 0.1) is 6.92 Å². The molecule has 0 unspecified atom stereocenters. The number of methoxy groups -OCH3 is 1. The number of aryl methyl sites for hydroxylation is 1. The normalized spacial score (nSPS) is 11.6. The number of nitrogens with one attached hydrogen (secondary N) is 1. The summed E-state index contributed by atoms with van der Waals surface area (Å²) in [7, 11) is -2.39. The average Bonchev–Trinajstić information content (AvgIpc) is 2.80. The molecular formula is C24H24ClN3O4S. The number of benzene rings is 3. The van der Waals surface area contributed by atoms with Gasteiger partial charge < -0.3 is 4.74 Å². The van der Waals surface area contributed by atoms with Gasteiger partial charge in [-0.1, -0.05) is 47.5 Å². The van der Waals surface area contributed by atoms with Gasteiger partial charge in [-0.3, -0.25) is 4.79 Å². The Hall–Kier alpha value is -3.20. The largest absolute Gasteiger partial charge is 0.497 e. The minimum Gasteiger partial charge on any atom is -0.497 e. The Morgan fingerprint density at radius 3 is 2.36 bits per heavy atom. The van der Waals surface area contributed by atoms with Gasteiger partial charge in [-0.2, -0.15) is 9.41 Å². The van der Waals surface area contributed by atoms with Crippen LogP contribution < -0.4 is 10.2 Å². The van der Waals surface area contributed by atoms with Crippen LogP contribution in [0.25, 0.3) is 0 Å². The van der Waals surface area contributed by atoms with Crippen LogP contribution in [0.4, 0.5) is 0 Å². The van der Waals surface area contributed by atoms with Crippen molar-refractivity contribution in [2.24, 2.45) is 5.10 Å². The Morgan fingerprint density at radius 2 is 1.73 bits per heavy atom. The lowest BCUT2D eigenvalue weighted by Gasteiger charge is -2.22. The van der Waals surface area contributed by atoms with Crippen molar-refractivity contribution in [3.63, 3.8) is 0 Å². The molecule has 1 amide bonds. The SMILES string of the molecule is COc1ccc(/C=N\NC(=O)CN(Cc2ccccc2Cl)S(=O)(=O)c2ccc(C)cc2)cc1. The molecule has 172 valence electrons. The molecule has 0 bridgehead atoms. The second-order valence-electron chi connectivity index (χ2n) is 7.24. The highest BCUT2D eigenvalue weighted by atomic mass is 35.5. The van der Waals surface area contributed by atoms with Crippen molar-refractivity contribution < 1.29 is 17.9 Å². The first-order valence-corrected chi connectivity index (χ1v) is 11.9. The van der Waals surface area contributed by atoms with Crippen molar-refractivity contribution in [1.29, 1.82) is 0 Å². The standard InChI is InChI=1S/C24H24ClN3O4S/c1-18-7-13-22(14-8-18)33(30,31)28(16-20-5-3-4-6-23(20)25)17-24(29)27-26-15-19-9-11-21(32-2)12-10-19/h3-15H,16-17H2,1-2H3,(H,27,29)/b26-15-. The Morgan fingerprint density at radius 1 is 1.06 bits per heavy atom. The van der Waals surface area contributed by atoms with E-state index >= 15 is 0 Å². The predicted molar refractivity (Wildman–Crippen MR) is 129 cm³/mol. The molecule has 0 aliphatic heterocycles. The van der Waals surface area contributed by atoms with E-state index in [-0.39, 0.29) is 11.4 Å². The molecule has 0 saturated heterocycles. The molecule has 0 radical (unpaired) electrons. The molecule has 0 atom stereocenters. The van der Waals surface area contributed by atoms with Crippen molar-refractivity contribution in [3.8, 4) is 5.75 Å². The van der Waals surface area contributed by atoms with Crippen molar-refractivity contribution in [2.75, 3.05) is 13.7 Å². The van der Waals surface area contributed by atoms with Gasteiger partial charge in [-0.15, -0.1) is 0 Å². The zero-order valence-electron chi connectivity index (χ0n) is 18.2. The lowest BCUT2D eigenvalue weighted by atomic mass is 10.2. The predicted octanol–water partition coefficient (Wildman–Crippen LogP) is 4.00. The fourth-order valence-electron chi connectivity index (χ4n) is 2.97. The van der Waals surface area contributed by atoms with Gasteiger partial charge in [0.15, 0.2) is 0 Å². The summed E-state index contributed by atoms with van der Waals surface area (Å²) >= 11 is 6.24. The van der Waals surface area contributed by atoms with Crippen LogP contribution in [0.2, 0.25) is 5.02 Å². The van der Waals surface area contributed by atoms with Crippen LogP contribution in [0.5, 0.6) is 5.75 Å². The van der Waals surface area contributed by atoms with Gasteiger partial charge in [0.05, 0.1) is 24.8 Å². The van der Waals surface area contributed by atoms with Gasteiger partial charge >= 0.3 is 0 Å². The summed E-state index contributed by atoms with van der Waals surface area (Å²) in [5.41, 5.74) is 4.65. The lowest BCUT2D eigenvalue weighted by molar-refractivity contribution is -0.121. The first-order valence-electron chi connectivity index (χ1n) is 10.1. The molecule has 3 rings (SSSR count). The summed E-state index contributed by atoms with van der Waals surface area (Å²) in [4.78, 5) is 12.7. The summed E-state index contributed by atoms with van der Waals surface area (Å²) in [5.74, 6) is 0.121. The van der Waals surface area contributed by atoms with Gasteiger partial charge in [0.1, 0.15) is 5.75 Å². The third-order valence-corrected chi connectivity index (χ3v) is 6.98. The fraction of sp³-hybridized carbons (Fsp3) is 0.167. The Kier molecular flexibility index (Phi) is 8.21. The number of hydrazone groups is 1. The van der Waals surface area contributed by atoms with E-state index in [0.29, 0.717) is 16.3 Å². The van der Waals surface area contributed by atoms with Crippen molar-refractivity contribution in [3.05, 3.63) is 94.5 Å². The van der Waals surface area contributed by atoms with Crippen LogP contribution in [-0.4, -0.2) is 38.5 Å². The molecule has 0 heterocycles. The molecule has 33 heavy (non-hydrogen) atoms. The van der Waals surface area contributed by atoms with Gasteiger partial charge in [0.25, 0.3) is 5.91 Å². The second kappa shape index (κ2) is 11.1. The van der Waals surface area contributed by atoms with Gasteiger partial charge in [-0.25, -0.2) is 13.8 Å². The van der Waals surface area contributed by atoms with E-state index in [1.54, 1.807) is 67.8 Å². The van der Waals surface area contributed by atoms with E-state index in [1.807, 2.05) is 6.92 Å². The number of amides is 1. The van der Waals surface area contributed by atoms with E-state index in [4.69, 9.17) is 16.3 Å². The molecule has 9 heteroatoms. The first kappa shape index (κ1) is 24.4. The molecule has 0 saturated carbocycles. The number of carbonyl (C=O) groups excluding carboxylic acids is 1. The van der Waals surface area contributed by atoms with Gasteiger partial charge in [0, 0.05) is 11.6 Å². The summed E-state index contributed by atoms with van der Waals surface area (Å²) in [6, 6.07) is 20.5. The monoisotopic (exact) mass is 485 g/mol. The number of halogens is 1. The maximum atomic E-state index is 13.3. The van der Waals surface area contributed by atoms with E-state index in [2.05, 4.69) is 10.5 Å². The number of ether oxygens (including phenoxy) is 1. The number of carbonyl (C=O) groups is 1. The molecule has 0 aromatic heterocycles. The number of hydrogen-bond donors (Lipinski definition) is 1. The van der Waals surface area contributed by atoms with Crippen LogP contribution in [0.3, 0.4) is 0 Å². The fourth-order valence-corrected chi connectivity index (χ4v) is 4.54. The topological polar surface area (TPSA) is 88.1 Å². The number of sulfonamides is 1. The molecule has 3 aromatic rings. The second-order valence-corrected chi connectivity index (χ2v) is 9.59. The molecule has 0 aliphatic rings. The minimum absolute atomic E-state index is 0.0640. The van der Waals surface area contributed by atoms with Crippen LogP contribution in [0.15, 0.2) is 82.8 Å². The van der Waals surface area contributed by atoms with Crippen molar-refractivity contribution in [1.82, 2.24) is 9.73 Å².